The summed E-state index contributed by atoms with van der Waals surface area (Å²) in [4.78, 5) is 5.23. The van der Waals surface area contributed by atoms with Crippen LogP contribution in [-0.2, 0) is 0 Å². The number of para-hydroxylation sites is 2. The zero-order valence-electron chi connectivity index (χ0n) is 53.6. The molecule has 0 atom stereocenters. The minimum absolute atomic E-state index is 0.0653. The molecule has 4 aliphatic heterocycles. The van der Waals surface area contributed by atoms with Crippen LogP contribution in [0, 0.1) is 0 Å². The van der Waals surface area contributed by atoms with Gasteiger partial charge in [0.05, 0.1) is 0 Å². The first-order valence-electron chi connectivity index (χ1n) is 33.5. The van der Waals surface area contributed by atoms with Crippen molar-refractivity contribution in [3.8, 4) is 66.8 Å². The van der Waals surface area contributed by atoms with Crippen molar-refractivity contribution in [1.29, 1.82) is 0 Å². The second-order valence-corrected chi connectivity index (χ2v) is 27.8. The summed E-state index contributed by atoms with van der Waals surface area (Å²) in [5, 5.41) is 8.08. The third-order valence-electron chi connectivity index (χ3n) is 21.3. The molecular formula is C88H70B2N2. The van der Waals surface area contributed by atoms with Crippen molar-refractivity contribution in [2.45, 2.75) is 79.1 Å². The fraction of sp³-hybridized carbons (Fsp3) is 0.136. The van der Waals surface area contributed by atoms with Crippen molar-refractivity contribution in [1.82, 2.24) is 0 Å². The Hall–Kier alpha value is -10.2. The Kier molecular flexibility index (Phi) is 12.3. The van der Waals surface area contributed by atoms with Crippen molar-refractivity contribution >= 4 is 113 Å². The van der Waals surface area contributed by atoms with E-state index < -0.39 is 0 Å². The van der Waals surface area contributed by atoms with Crippen LogP contribution in [0.3, 0.4) is 0 Å². The van der Waals surface area contributed by atoms with E-state index in [1.807, 2.05) is 0 Å². The fourth-order valence-corrected chi connectivity index (χ4v) is 16.8. The molecule has 0 aliphatic carbocycles. The molecule has 92 heavy (non-hydrogen) atoms. The van der Waals surface area contributed by atoms with Crippen LogP contribution in [-0.4, -0.2) is 13.4 Å². The van der Waals surface area contributed by atoms with E-state index in [0.29, 0.717) is 11.8 Å². The van der Waals surface area contributed by atoms with Gasteiger partial charge in [-0.3, -0.25) is 0 Å². The predicted molar refractivity (Wildman–Crippen MR) is 398 cm³/mol. The van der Waals surface area contributed by atoms with Gasteiger partial charge in [-0.15, -0.1) is 0 Å². The fourth-order valence-electron chi connectivity index (χ4n) is 16.8. The molecule has 4 aliphatic rings. The Morgan fingerprint density at radius 2 is 0.576 bits per heavy atom. The molecule has 14 aromatic rings. The first kappa shape index (κ1) is 54.8. The van der Waals surface area contributed by atoms with Gasteiger partial charge >= 0.3 is 0 Å². The van der Waals surface area contributed by atoms with Crippen LogP contribution in [0.2, 0.25) is 0 Å². The van der Waals surface area contributed by atoms with Gasteiger partial charge < -0.3 is 9.80 Å². The number of fused-ring (bicyclic) bond motifs is 8. The van der Waals surface area contributed by atoms with Crippen LogP contribution >= 0.6 is 0 Å². The monoisotopic (exact) mass is 1180 g/mol. The van der Waals surface area contributed by atoms with Crippen LogP contribution in [0.1, 0.15) is 101 Å². The lowest BCUT2D eigenvalue weighted by atomic mass is 9.31. The van der Waals surface area contributed by atoms with E-state index in [1.54, 1.807) is 0 Å². The summed E-state index contributed by atoms with van der Waals surface area (Å²) in [5.74, 6) is 1.25. The number of anilines is 6. The average Bonchev–Trinajstić information content (AvgIpc) is 0.667. The molecule has 0 aromatic heterocycles. The Bertz CT molecular complexity index is 5020. The molecule has 0 spiro atoms. The Morgan fingerprint density at radius 3 is 0.946 bits per heavy atom. The van der Waals surface area contributed by atoms with Gasteiger partial charge in [-0.2, -0.15) is 0 Å². The maximum atomic E-state index is 2.72. The highest BCUT2D eigenvalue weighted by Gasteiger charge is 2.46. The molecule has 438 valence electrons. The summed E-state index contributed by atoms with van der Waals surface area (Å²) in [6, 6.07) is 99.2. The largest absolute Gasteiger partial charge is 0.311 e. The van der Waals surface area contributed by atoms with E-state index >= 15 is 0 Å². The van der Waals surface area contributed by atoms with Gasteiger partial charge in [0, 0.05) is 34.1 Å². The molecule has 0 saturated heterocycles. The Morgan fingerprint density at radius 1 is 0.239 bits per heavy atom. The molecule has 0 N–H and O–H groups in total. The number of rotatable bonds is 10. The molecule has 0 fully saturated rings. The molecule has 0 radical (unpaired) electrons. The van der Waals surface area contributed by atoms with Gasteiger partial charge in [0.15, 0.2) is 0 Å². The van der Waals surface area contributed by atoms with Crippen LogP contribution in [0.5, 0.6) is 0 Å². The second-order valence-electron chi connectivity index (χ2n) is 27.8. The first-order valence-corrected chi connectivity index (χ1v) is 33.5. The smallest absolute Gasteiger partial charge is 0.248 e. The molecule has 14 aromatic carbocycles. The minimum atomic E-state index is -0.0653. The lowest BCUT2D eigenvalue weighted by molar-refractivity contribution is 0.865. The highest BCUT2D eigenvalue weighted by molar-refractivity contribution is 7.02. The zero-order chi connectivity index (χ0) is 61.9. The van der Waals surface area contributed by atoms with Crippen LogP contribution in [0.25, 0.3) is 99.1 Å². The van der Waals surface area contributed by atoms with E-state index in [-0.39, 0.29) is 25.3 Å². The van der Waals surface area contributed by atoms with E-state index in [9.17, 15) is 0 Å². The van der Waals surface area contributed by atoms with Gasteiger partial charge in [-0.25, -0.2) is 0 Å². The van der Waals surface area contributed by atoms with Gasteiger partial charge in [-0.1, -0.05) is 260 Å². The van der Waals surface area contributed by atoms with Crippen molar-refractivity contribution < 1.29 is 0 Å². The van der Waals surface area contributed by atoms with Crippen molar-refractivity contribution in [2.75, 3.05) is 9.80 Å². The third-order valence-corrected chi connectivity index (χ3v) is 21.3. The van der Waals surface area contributed by atoms with Gasteiger partial charge in [0.2, 0.25) is 13.4 Å². The minimum Gasteiger partial charge on any atom is -0.311 e. The molecule has 4 heteroatoms. The van der Waals surface area contributed by atoms with E-state index in [1.165, 1.54) is 188 Å². The van der Waals surface area contributed by atoms with Gasteiger partial charge in [0.1, 0.15) is 0 Å². The summed E-state index contributed by atoms with van der Waals surface area (Å²) in [7, 11) is 0. The molecule has 0 saturated carbocycles. The lowest BCUT2D eigenvalue weighted by Gasteiger charge is -2.43. The zero-order valence-corrected chi connectivity index (χ0v) is 53.6. The maximum absolute atomic E-state index is 2.72. The van der Waals surface area contributed by atoms with Gasteiger partial charge in [0.25, 0.3) is 0 Å². The van der Waals surface area contributed by atoms with E-state index in [4.69, 9.17) is 0 Å². The molecular weight excluding hydrogens is 1110 g/mol. The van der Waals surface area contributed by atoms with Crippen LogP contribution in [0.15, 0.2) is 255 Å². The molecule has 0 amide bonds. The van der Waals surface area contributed by atoms with Crippen molar-refractivity contribution in [3.05, 3.63) is 277 Å². The molecule has 18 rings (SSSR count). The quantitative estimate of drug-likeness (QED) is 0.0995. The maximum Gasteiger partial charge on any atom is 0.248 e. The predicted octanol–water partition coefficient (Wildman–Crippen LogP) is 20.3. The highest BCUT2D eigenvalue weighted by atomic mass is 15.2. The molecule has 4 heterocycles. The lowest BCUT2D eigenvalue weighted by Crippen LogP contribution is -2.60. The molecule has 0 unspecified atom stereocenters. The van der Waals surface area contributed by atoms with Crippen LogP contribution in [0.4, 0.5) is 34.1 Å². The van der Waals surface area contributed by atoms with Crippen molar-refractivity contribution in [2.24, 2.45) is 0 Å². The summed E-state index contributed by atoms with van der Waals surface area (Å²) in [6.07, 6.45) is 0. The highest BCUT2D eigenvalue weighted by Crippen LogP contribution is 2.54. The van der Waals surface area contributed by atoms with Gasteiger partial charge in [-0.05, 0) is 228 Å². The Balaban J connectivity index is 1.08. The second kappa shape index (κ2) is 20.7. The first-order chi connectivity index (χ1) is 45.0. The normalized spacial score (nSPS) is 13.3. The summed E-state index contributed by atoms with van der Waals surface area (Å²) >= 11 is 0. The van der Waals surface area contributed by atoms with Crippen LogP contribution < -0.4 is 42.6 Å². The topological polar surface area (TPSA) is 6.48 Å². The number of hydrogen-bond acceptors (Lipinski definition) is 2. The number of benzene rings is 14. The van der Waals surface area contributed by atoms with Crippen molar-refractivity contribution in [3.63, 3.8) is 0 Å². The Labute approximate surface area is 542 Å². The third kappa shape index (κ3) is 7.95. The summed E-state index contributed by atoms with van der Waals surface area (Å²) in [5.41, 5.74) is 36.2. The SMILES string of the molecule is CC(C)c1ccc2c(c1)N(c1ccccc1)c1cc(C(C)C)cc3c1B2c1cc2c(-c4ccccc4-c4ccccc4)cc4c5c(cc6c(-c7ccccc7-c7ccccc7)cc-3c1c6c25)B1c2ccc(C(C)C)cc2N(c2ccccc2)c2cc(C(C)C)cc-4c21. The van der Waals surface area contributed by atoms with E-state index in [0.717, 1.165) is 0 Å². The van der Waals surface area contributed by atoms with E-state index in [2.05, 4.69) is 320 Å². The average molecular weight is 1180 g/mol. The standard InChI is InChI=1S/C88H70B2N2/c1-51(2)57-37-39-75-79(43-57)91(61-29-17-11-18-30-61)81-45-59(53(5)6)41-73-69-47-68(66-36-24-22-34-64(66)56-27-15-10-16-28-56)72-50-78-84-70(48-67(65-35-23-21-33-63(65)55-25-13-9-14-26-55)71-49-77(89(75)87(73)81)83(69)85(72)86(71)84)74-42-60(54(7)8)46-82-88(74)90(78)76-40-38-58(52(3)4)44-80(76)92(82)62-31-19-12-20-32-62/h9-54H,1-8H3. The summed E-state index contributed by atoms with van der Waals surface area (Å²) in [6.45, 7) is 18.7. The number of nitrogens with zero attached hydrogens (tertiary/aromatic N) is 2. The number of hydrogen-bond donors (Lipinski definition) is 0. The molecule has 0 bridgehead atoms. The molecule has 2 nitrogen and oxygen atoms in total. The summed E-state index contributed by atoms with van der Waals surface area (Å²) < 4.78 is 0.